The van der Waals surface area contributed by atoms with Gasteiger partial charge in [0.25, 0.3) is 0 Å². The fourth-order valence-corrected chi connectivity index (χ4v) is 4.42. The molecule has 5 rings (SSSR count). The van der Waals surface area contributed by atoms with Gasteiger partial charge in [0.15, 0.2) is 0 Å². The van der Waals surface area contributed by atoms with E-state index >= 15 is 4.39 Å². The lowest BCUT2D eigenvalue weighted by atomic mass is 10.0. The molecule has 3 aromatic rings. The Kier molecular flexibility index (Phi) is 5.33. The molecule has 1 aliphatic heterocycles. The summed E-state index contributed by atoms with van der Waals surface area (Å²) in [6.45, 7) is 1.33. The smallest absolute Gasteiger partial charge is 0.342 e. The molecule has 0 spiro atoms. The number of nitrogens with zero attached hydrogens (tertiary/aromatic N) is 3. The number of hydrogen-bond donors (Lipinski definition) is 1. The van der Waals surface area contributed by atoms with Crippen LogP contribution in [0.2, 0.25) is 5.02 Å². The Labute approximate surface area is 187 Å². The second kappa shape index (κ2) is 8.16. The van der Waals surface area contributed by atoms with Crippen molar-refractivity contribution in [3.8, 4) is 16.8 Å². The molecule has 2 fully saturated rings. The van der Waals surface area contributed by atoms with E-state index in [0.29, 0.717) is 36.5 Å². The monoisotopic (exact) mass is 458 g/mol. The highest BCUT2D eigenvalue weighted by molar-refractivity contribution is 6.30. The van der Waals surface area contributed by atoms with E-state index in [9.17, 15) is 14.0 Å². The molecule has 1 saturated carbocycles. The SMILES string of the molecule is O=C(C1CC1)N1CC[C@@H](Cc2n[nH]c(=O)n2-c2ccc(-c3ccc(Cl)c(F)c3)cc2F)C1. The number of hydrogen-bond acceptors (Lipinski definition) is 3. The highest BCUT2D eigenvalue weighted by atomic mass is 35.5. The molecule has 0 bridgehead atoms. The zero-order valence-corrected chi connectivity index (χ0v) is 17.9. The zero-order valence-electron chi connectivity index (χ0n) is 17.2. The standard InChI is InChI=1S/C23H21ClF2N4O2/c24-17-5-3-15(10-18(17)25)16-4-6-20(19(26)11-16)30-21(27-28-23(30)32)9-13-7-8-29(12-13)22(31)14-1-2-14/h3-6,10-11,13-14H,1-2,7-9,12H2,(H,28,32)/t13-/m0/s1. The highest BCUT2D eigenvalue weighted by Gasteiger charge is 2.37. The largest absolute Gasteiger partial charge is 0.348 e. The van der Waals surface area contributed by atoms with Crippen LogP contribution < -0.4 is 5.69 Å². The van der Waals surface area contributed by atoms with Crippen molar-refractivity contribution in [3.05, 3.63) is 69.4 Å². The predicted molar refractivity (Wildman–Crippen MR) is 116 cm³/mol. The third-order valence-electron chi connectivity index (χ3n) is 6.18. The average molecular weight is 459 g/mol. The van der Waals surface area contributed by atoms with Gasteiger partial charge in [0, 0.05) is 25.4 Å². The molecule has 1 amide bonds. The second-order valence-corrected chi connectivity index (χ2v) is 8.90. The fourth-order valence-electron chi connectivity index (χ4n) is 4.30. The number of carbonyl (C=O) groups excluding carboxylic acids is 1. The van der Waals surface area contributed by atoms with Gasteiger partial charge in [0.1, 0.15) is 17.5 Å². The van der Waals surface area contributed by atoms with E-state index < -0.39 is 17.3 Å². The molecular weight excluding hydrogens is 438 g/mol. The van der Waals surface area contributed by atoms with E-state index in [0.717, 1.165) is 19.3 Å². The van der Waals surface area contributed by atoms with E-state index in [2.05, 4.69) is 10.2 Å². The summed E-state index contributed by atoms with van der Waals surface area (Å²) >= 11 is 5.72. The molecule has 32 heavy (non-hydrogen) atoms. The molecule has 1 N–H and O–H groups in total. The number of H-pyrrole nitrogens is 1. The third kappa shape index (κ3) is 3.95. The topological polar surface area (TPSA) is 71.0 Å². The van der Waals surface area contributed by atoms with Gasteiger partial charge in [-0.3, -0.25) is 4.79 Å². The molecule has 1 aromatic heterocycles. The number of aromatic amines is 1. The van der Waals surface area contributed by atoms with Crippen molar-refractivity contribution in [2.24, 2.45) is 11.8 Å². The Morgan fingerprint density at radius 2 is 1.81 bits per heavy atom. The maximum Gasteiger partial charge on any atom is 0.348 e. The summed E-state index contributed by atoms with van der Waals surface area (Å²) in [5.41, 5.74) is 0.474. The van der Waals surface area contributed by atoms with Gasteiger partial charge in [0.05, 0.1) is 10.7 Å². The highest BCUT2D eigenvalue weighted by Crippen LogP contribution is 2.33. The minimum absolute atomic E-state index is 0.00950. The third-order valence-corrected chi connectivity index (χ3v) is 6.49. The van der Waals surface area contributed by atoms with Gasteiger partial charge in [-0.25, -0.2) is 23.2 Å². The molecule has 2 aromatic carbocycles. The Hall–Kier alpha value is -3.00. The summed E-state index contributed by atoms with van der Waals surface area (Å²) in [7, 11) is 0. The summed E-state index contributed by atoms with van der Waals surface area (Å²) < 4.78 is 30.1. The summed E-state index contributed by atoms with van der Waals surface area (Å²) in [5, 5.41) is 6.50. The number of nitrogens with one attached hydrogen (secondary N) is 1. The van der Waals surface area contributed by atoms with Gasteiger partial charge in [-0.05, 0) is 60.6 Å². The molecule has 166 valence electrons. The molecular formula is C23H21ClF2N4O2. The number of halogens is 3. The van der Waals surface area contributed by atoms with E-state index in [1.54, 1.807) is 12.1 Å². The van der Waals surface area contributed by atoms with Gasteiger partial charge >= 0.3 is 5.69 Å². The maximum atomic E-state index is 15.0. The molecule has 9 heteroatoms. The Morgan fingerprint density at radius 3 is 2.50 bits per heavy atom. The van der Waals surface area contributed by atoms with Crippen molar-refractivity contribution in [1.29, 1.82) is 0 Å². The average Bonchev–Trinajstić information content (AvgIpc) is 3.43. The zero-order chi connectivity index (χ0) is 22.4. The normalized spacial score (nSPS) is 18.3. The Morgan fingerprint density at radius 1 is 1.09 bits per heavy atom. The van der Waals surface area contributed by atoms with Crippen molar-refractivity contribution >= 4 is 17.5 Å². The molecule has 0 radical (unpaired) electrons. The molecule has 2 heterocycles. The van der Waals surface area contributed by atoms with Crippen LogP contribution in [0.3, 0.4) is 0 Å². The number of carbonyl (C=O) groups is 1. The molecule has 2 aliphatic rings. The van der Waals surface area contributed by atoms with Crippen LogP contribution in [0.5, 0.6) is 0 Å². The van der Waals surface area contributed by atoms with Crippen LogP contribution >= 0.6 is 11.6 Å². The van der Waals surface area contributed by atoms with Gasteiger partial charge in [-0.2, -0.15) is 5.10 Å². The lowest BCUT2D eigenvalue weighted by Crippen LogP contribution is -2.30. The molecule has 0 unspecified atom stereocenters. The van der Waals surface area contributed by atoms with Crippen LogP contribution in [0.1, 0.15) is 25.1 Å². The van der Waals surface area contributed by atoms with Crippen LogP contribution in [0, 0.1) is 23.5 Å². The van der Waals surface area contributed by atoms with Crippen LogP contribution in [0.4, 0.5) is 8.78 Å². The number of rotatable bonds is 5. The number of likely N-dealkylation sites (tertiary alicyclic amines) is 1. The van der Waals surface area contributed by atoms with Crippen LogP contribution in [-0.4, -0.2) is 38.7 Å². The van der Waals surface area contributed by atoms with E-state index in [1.807, 2.05) is 4.90 Å². The molecule has 1 saturated heterocycles. The molecule has 1 aliphatic carbocycles. The van der Waals surface area contributed by atoms with Crippen molar-refractivity contribution in [2.75, 3.05) is 13.1 Å². The first-order chi connectivity index (χ1) is 15.4. The van der Waals surface area contributed by atoms with Crippen molar-refractivity contribution in [3.63, 3.8) is 0 Å². The van der Waals surface area contributed by atoms with Crippen LogP contribution in [0.15, 0.2) is 41.2 Å². The first kappa shape index (κ1) is 20.9. The minimum atomic E-state index is -0.625. The molecule has 6 nitrogen and oxygen atoms in total. The van der Waals surface area contributed by atoms with E-state index in [1.165, 1.54) is 28.8 Å². The summed E-state index contributed by atoms with van der Waals surface area (Å²) in [4.78, 5) is 26.6. The summed E-state index contributed by atoms with van der Waals surface area (Å²) in [6, 6.07) is 8.61. The lowest BCUT2D eigenvalue weighted by molar-refractivity contribution is -0.131. The van der Waals surface area contributed by atoms with Gasteiger partial charge in [0.2, 0.25) is 5.91 Å². The predicted octanol–water partition coefficient (Wildman–Crippen LogP) is 3.96. The van der Waals surface area contributed by atoms with Crippen LogP contribution in [-0.2, 0) is 11.2 Å². The number of benzene rings is 2. The van der Waals surface area contributed by atoms with Crippen molar-refractivity contribution in [1.82, 2.24) is 19.7 Å². The van der Waals surface area contributed by atoms with Gasteiger partial charge in [-0.1, -0.05) is 23.7 Å². The first-order valence-corrected chi connectivity index (χ1v) is 11.0. The second-order valence-electron chi connectivity index (χ2n) is 8.49. The van der Waals surface area contributed by atoms with Crippen LogP contribution in [0.25, 0.3) is 16.8 Å². The minimum Gasteiger partial charge on any atom is -0.342 e. The fraction of sp³-hybridized carbons (Fsp3) is 0.348. The summed E-state index contributed by atoms with van der Waals surface area (Å²) in [6.07, 6.45) is 3.22. The Balaban J connectivity index is 1.38. The number of amides is 1. The maximum absolute atomic E-state index is 15.0. The summed E-state index contributed by atoms with van der Waals surface area (Å²) in [5.74, 6) is -0.241. The Bertz CT molecular complexity index is 1250. The number of aromatic nitrogens is 3. The van der Waals surface area contributed by atoms with Crippen molar-refractivity contribution < 1.29 is 13.6 Å². The van der Waals surface area contributed by atoms with Gasteiger partial charge < -0.3 is 4.90 Å². The lowest BCUT2D eigenvalue weighted by Gasteiger charge is -2.16. The van der Waals surface area contributed by atoms with Gasteiger partial charge in [-0.15, -0.1) is 0 Å². The molecule has 1 atom stereocenters. The van der Waals surface area contributed by atoms with Crippen molar-refractivity contribution in [2.45, 2.75) is 25.7 Å². The van der Waals surface area contributed by atoms with E-state index in [4.69, 9.17) is 11.6 Å². The first-order valence-electron chi connectivity index (χ1n) is 10.6. The quantitative estimate of drug-likeness (QED) is 0.629. The van der Waals surface area contributed by atoms with E-state index in [-0.39, 0.29) is 28.5 Å².